The molecule has 0 spiro atoms. The molecule has 1 unspecified atom stereocenters. The highest BCUT2D eigenvalue weighted by molar-refractivity contribution is 7.09. The Hall–Kier alpha value is -0.940. The Bertz CT molecular complexity index is 465. The van der Waals surface area contributed by atoms with Crippen molar-refractivity contribution in [1.29, 1.82) is 0 Å². The number of esters is 1. The van der Waals surface area contributed by atoms with Crippen LogP contribution in [0.2, 0.25) is 0 Å². The van der Waals surface area contributed by atoms with Crippen LogP contribution in [0.3, 0.4) is 0 Å². The van der Waals surface area contributed by atoms with Gasteiger partial charge in [-0.25, -0.2) is 4.98 Å². The van der Waals surface area contributed by atoms with Gasteiger partial charge in [-0.05, 0) is 46.5 Å². The number of rotatable bonds is 7. The lowest BCUT2D eigenvalue weighted by Gasteiger charge is -2.20. The summed E-state index contributed by atoms with van der Waals surface area (Å²) in [6.07, 6.45) is 2.51. The van der Waals surface area contributed by atoms with Gasteiger partial charge in [0, 0.05) is 12.0 Å². The molecule has 1 aromatic heterocycles. The summed E-state index contributed by atoms with van der Waals surface area (Å²) in [7, 11) is 0. The van der Waals surface area contributed by atoms with Crippen LogP contribution in [0.15, 0.2) is 5.38 Å². The lowest BCUT2D eigenvalue weighted by Crippen LogP contribution is -2.31. The van der Waals surface area contributed by atoms with Gasteiger partial charge in [0.05, 0.1) is 12.3 Å². The molecule has 112 valence electrons. The average Bonchev–Trinajstić information content (AvgIpc) is 3.12. The molecule has 0 bridgehead atoms. The highest BCUT2D eigenvalue weighted by Crippen LogP contribution is 2.44. The van der Waals surface area contributed by atoms with Gasteiger partial charge in [-0.3, -0.25) is 4.79 Å². The van der Waals surface area contributed by atoms with Gasteiger partial charge in [0.2, 0.25) is 0 Å². The SMILES string of the molecule is CCOC(=O)C(C)(C)c1csc(C(OCC)C2CC2)n1. The Labute approximate surface area is 124 Å². The van der Waals surface area contributed by atoms with E-state index in [2.05, 4.69) is 4.98 Å². The molecule has 1 aliphatic rings. The fraction of sp³-hybridized carbons (Fsp3) is 0.733. The third kappa shape index (κ3) is 3.20. The Morgan fingerprint density at radius 2 is 2.15 bits per heavy atom. The van der Waals surface area contributed by atoms with E-state index in [1.807, 2.05) is 33.1 Å². The van der Waals surface area contributed by atoms with Gasteiger partial charge in [-0.1, -0.05) is 0 Å². The number of hydrogen-bond donors (Lipinski definition) is 0. The van der Waals surface area contributed by atoms with Crippen LogP contribution < -0.4 is 0 Å². The summed E-state index contributed by atoms with van der Waals surface area (Å²) in [6.45, 7) is 8.62. The molecule has 20 heavy (non-hydrogen) atoms. The maximum absolute atomic E-state index is 12.0. The zero-order chi connectivity index (χ0) is 14.8. The molecule has 0 aromatic carbocycles. The molecule has 1 heterocycles. The molecule has 0 amide bonds. The van der Waals surface area contributed by atoms with Crippen molar-refractivity contribution in [3.8, 4) is 0 Å². The lowest BCUT2D eigenvalue weighted by atomic mass is 9.90. The molecule has 0 aliphatic heterocycles. The predicted octanol–water partition coefficient (Wildman–Crippen LogP) is 3.47. The first-order chi connectivity index (χ1) is 9.50. The number of ether oxygens (including phenoxy) is 2. The maximum atomic E-state index is 12.0. The normalized spacial score (nSPS) is 17.0. The van der Waals surface area contributed by atoms with Crippen molar-refractivity contribution in [2.45, 2.75) is 52.1 Å². The number of thiazole rings is 1. The molecule has 0 radical (unpaired) electrons. The Morgan fingerprint density at radius 3 is 2.70 bits per heavy atom. The zero-order valence-corrected chi connectivity index (χ0v) is 13.5. The fourth-order valence-corrected chi connectivity index (χ4v) is 3.23. The minimum atomic E-state index is -0.703. The Morgan fingerprint density at radius 1 is 1.45 bits per heavy atom. The summed E-state index contributed by atoms with van der Waals surface area (Å²) in [5.41, 5.74) is 0.0757. The smallest absolute Gasteiger partial charge is 0.317 e. The van der Waals surface area contributed by atoms with Crippen molar-refractivity contribution in [3.05, 3.63) is 16.1 Å². The van der Waals surface area contributed by atoms with Crippen LogP contribution in [0.4, 0.5) is 0 Å². The molecule has 4 nitrogen and oxygen atoms in total. The summed E-state index contributed by atoms with van der Waals surface area (Å²) < 4.78 is 11.0. The molecular weight excluding hydrogens is 274 g/mol. The van der Waals surface area contributed by atoms with Gasteiger partial charge in [-0.2, -0.15) is 0 Å². The summed E-state index contributed by atoms with van der Waals surface area (Å²) >= 11 is 1.58. The molecular formula is C15H23NO3S. The molecule has 1 saturated carbocycles. The zero-order valence-electron chi connectivity index (χ0n) is 12.6. The molecule has 1 aromatic rings. The predicted molar refractivity (Wildman–Crippen MR) is 78.9 cm³/mol. The molecule has 0 saturated heterocycles. The van der Waals surface area contributed by atoms with E-state index in [-0.39, 0.29) is 12.1 Å². The Balaban J connectivity index is 2.16. The second-order valence-electron chi connectivity index (χ2n) is 5.63. The maximum Gasteiger partial charge on any atom is 0.317 e. The van der Waals surface area contributed by atoms with E-state index in [0.717, 1.165) is 10.7 Å². The van der Waals surface area contributed by atoms with Crippen molar-refractivity contribution in [2.75, 3.05) is 13.2 Å². The van der Waals surface area contributed by atoms with E-state index in [9.17, 15) is 4.79 Å². The first-order valence-corrected chi connectivity index (χ1v) is 8.13. The van der Waals surface area contributed by atoms with E-state index < -0.39 is 5.41 Å². The van der Waals surface area contributed by atoms with E-state index in [1.54, 1.807) is 11.3 Å². The highest BCUT2D eigenvalue weighted by atomic mass is 32.1. The van der Waals surface area contributed by atoms with Gasteiger partial charge in [0.15, 0.2) is 0 Å². The summed E-state index contributed by atoms with van der Waals surface area (Å²) in [5.74, 6) is 0.371. The summed E-state index contributed by atoms with van der Waals surface area (Å²) in [6, 6.07) is 0. The number of carbonyl (C=O) groups is 1. The van der Waals surface area contributed by atoms with E-state index in [1.165, 1.54) is 12.8 Å². The van der Waals surface area contributed by atoms with Crippen LogP contribution in [-0.4, -0.2) is 24.2 Å². The first-order valence-electron chi connectivity index (χ1n) is 7.25. The van der Waals surface area contributed by atoms with Crippen molar-refractivity contribution in [1.82, 2.24) is 4.98 Å². The van der Waals surface area contributed by atoms with Crippen LogP contribution in [-0.2, 0) is 19.7 Å². The van der Waals surface area contributed by atoms with Gasteiger partial charge in [0.25, 0.3) is 0 Å². The molecule has 1 atom stereocenters. The standard InChI is InChI=1S/C15H23NO3S/c1-5-18-12(10-7-8-10)13-16-11(9-20-13)15(3,4)14(17)19-6-2/h9-10,12H,5-8H2,1-4H3. The van der Waals surface area contributed by atoms with Crippen molar-refractivity contribution in [2.24, 2.45) is 5.92 Å². The number of hydrogen-bond acceptors (Lipinski definition) is 5. The number of nitrogens with zero attached hydrogens (tertiary/aromatic N) is 1. The monoisotopic (exact) mass is 297 g/mol. The minimum Gasteiger partial charge on any atom is -0.465 e. The number of carbonyl (C=O) groups excluding carboxylic acids is 1. The minimum absolute atomic E-state index is 0.0942. The van der Waals surface area contributed by atoms with Crippen LogP contribution in [0, 0.1) is 5.92 Å². The first kappa shape index (κ1) is 15.4. The van der Waals surface area contributed by atoms with E-state index in [4.69, 9.17) is 9.47 Å². The second-order valence-corrected chi connectivity index (χ2v) is 6.52. The third-order valence-electron chi connectivity index (χ3n) is 3.59. The molecule has 1 aliphatic carbocycles. The van der Waals surface area contributed by atoms with Crippen LogP contribution in [0.5, 0.6) is 0 Å². The lowest BCUT2D eigenvalue weighted by molar-refractivity contribution is -0.148. The largest absolute Gasteiger partial charge is 0.465 e. The van der Waals surface area contributed by atoms with Crippen molar-refractivity contribution >= 4 is 17.3 Å². The number of aromatic nitrogens is 1. The summed E-state index contributed by atoms with van der Waals surface area (Å²) in [5, 5.41) is 2.95. The van der Waals surface area contributed by atoms with E-state index in [0.29, 0.717) is 19.1 Å². The van der Waals surface area contributed by atoms with Crippen LogP contribution in [0.1, 0.15) is 57.3 Å². The Kier molecular flexibility index (Phi) is 4.81. The third-order valence-corrected chi connectivity index (χ3v) is 4.49. The second kappa shape index (κ2) is 6.22. The highest BCUT2D eigenvalue weighted by Gasteiger charge is 2.38. The van der Waals surface area contributed by atoms with Gasteiger partial charge >= 0.3 is 5.97 Å². The van der Waals surface area contributed by atoms with Crippen molar-refractivity contribution < 1.29 is 14.3 Å². The fourth-order valence-electron chi connectivity index (χ4n) is 2.11. The topological polar surface area (TPSA) is 48.4 Å². The molecule has 2 rings (SSSR count). The molecule has 1 fully saturated rings. The quantitative estimate of drug-likeness (QED) is 0.723. The van der Waals surface area contributed by atoms with Gasteiger partial charge in [-0.15, -0.1) is 11.3 Å². The molecule has 5 heteroatoms. The summed E-state index contributed by atoms with van der Waals surface area (Å²) in [4.78, 5) is 16.7. The van der Waals surface area contributed by atoms with Gasteiger partial charge in [0.1, 0.15) is 16.5 Å². The molecule has 0 N–H and O–H groups in total. The van der Waals surface area contributed by atoms with Crippen molar-refractivity contribution in [3.63, 3.8) is 0 Å². The van der Waals surface area contributed by atoms with E-state index >= 15 is 0 Å². The average molecular weight is 297 g/mol. The van der Waals surface area contributed by atoms with Gasteiger partial charge < -0.3 is 9.47 Å². The van der Waals surface area contributed by atoms with Crippen LogP contribution >= 0.6 is 11.3 Å². The van der Waals surface area contributed by atoms with Crippen LogP contribution in [0.25, 0.3) is 0 Å².